The number of unbranched alkanes of at least 4 members (excludes halogenated alkanes) is 3. The molecule has 0 aromatic carbocycles. The topological polar surface area (TPSA) is 81.0 Å². The van der Waals surface area contributed by atoms with E-state index in [2.05, 4.69) is 11.8 Å². The number of aliphatic carboxylic acids is 1. The van der Waals surface area contributed by atoms with Crippen molar-refractivity contribution in [3.63, 3.8) is 0 Å². The Labute approximate surface area is 181 Å². The Kier molecular flexibility index (Phi) is 6.91. The monoisotopic (exact) mass is 419 g/mol. The lowest BCUT2D eigenvalue weighted by Gasteiger charge is -2.58. The number of piperidine rings is 1. The Balaban J connectivity index is 1.64. The summed E-state index contributed by atoms with van der Waals surface area (Å²) in [7, 11) is 0. The fraction of sp³-hybridized carbons (Fsp3) is 0.880. The average Bonchev–Trinajstić information content (AvgIpc) is 3.18. The van der Waals surface area contributed by atoms with Gasteiger partial charge in [0.2, 0.25) is 0 Å². The molecule has 170 valence electrons. The first-order valence-corrected chi connectivity index (χ1v) is 12.5. The Morgan fingerprint density at radius 1 is 1.13 bits per heavy atom. The second kappa shape index (κ2) is 9.30. The van der Waals surface area contributed by atoms with Crippen LogP contribution in [0.25, 0.3) is 0 Å². The Morgan fingerprint density at radius 3 is 2.57 bits per heavy atom. The van der Waals surface area contributed by atoms with Gasteiger partial charge in [0.15, 0.2) is 0 Å². The van der Waals surface area contributed by atoms with Gasteiger partial charge in [-0.15, -0.1) is 0 Å². The number of aliphatic hydroxyl groups excluding tert-OH is 2. The van der Waals surface area contributed by atoms with Crippen LogP contribution in [-0.2, 0) is 4.79 Å². The molecule has 2 heterocycles. The smallest absolute Gasteiger partial charge is 0.324 e. The molecule has 2 aliphatic carbocycles. The van der Waals surface area contributed by atoms with E-state index in [-0.39, 0.29) is 30.4 Å². The molecule has 2 saturated carbocycles. The number of nitrogens with zero attached hydrogens (tertiary/aromatic N) is 1. The van der Waals surface area contributed by atoms with E-state index in [0.717, 1.165) is 51.4 Å². The summed E-state index contributed by atoms with van der Waals surface area (Å²) in [5.74, 6) is 0.254. The summed E-state index contributed by atoms with van der Waals surface area (Å²) in [5.41, 5.74) is -0.734. The van der Waals surface area contributed by atoms with Gasteiger partial charge in [-0.25, -0.2) is 0 Å². The van der Waals surface area contributed by atoms with Crippen molar-refractivity contribution in [1.29, 1.82) is 0 Å². The summed E-state index contributed by atoms with van der Waals surface area (Å²) in [5, 5.41) is 30.8. The van der Waals surface area contributed by atoms with Crippen molar-refractivity contribution < 1.29 is 20.1 Å². The zero-order valence-electron chi connectivity index (χ0n) is 18.6. The zero-order valence-corrected chi connectivity index (χ0v) is 18.6. The molecular formula is C25H41NO4. The minimum Gasteiger partial charge on any atom is -0.480 e. The van der Waals surface area contributed by atoms with Gasteiger partial charge in [0.25, 0.3) is 0 Å². The molecule has 4 aliphatic rings. The predicted octanol–water partition coefficient (Wildman–Crippen LogP) is 3.98. The number of fused-ring (bicyclic) bond motifs is 3. The van der Waals surface area contributed by atoms with Crippen molar-refractivity contribution in [3.8, 4) is 0 Å². The molecule has 0 aromatic heterocycles. The number of hydrogen-bond donors (Lipinski definition) is 3. The maximum absolute atomic E-state index is 13.1. The number of carbonyl (C=O) groups is 1. The van der Waals surface area contributed by atoms with E-state index in [1.54, 1.807) is 6.08 Å². The first-order valence-electron chi connectivity index (χ1n) is 12.5. The van der Waals surface area contributed by atoms with Crippen LogP contribution < -0.4 is 0 Å². The van der Waals surface area contributed by atoms with Gasteiger partial charge >= 0.3 is 5.97 Å². The number of carboxylic acids is 1. The lowest BCUT2D eigenvalue weighted by atomic mass is 9.59. The van der Waals surface area contributed by atoms with Crippen LogP contribution in [0.4, 0.5) is 0 Å². The molecule has 0 bridgehead atoms. The summed E-state index contributed by atoms with van der Waals surface area (Å²) in [6, 6.07) is 0.495. The van der Waals surface area contributed by atoms with Crippen molar-refractivity contribution in [2.24, 2.45) is 23.7 Å². The molecule has 0 aromatic rings. The van der Waals surface area contributed by atoms with Crippen molar-refractivity contribution >= 4 is 5.97 Å². The van der Waals surface area contributed by atoms with Gasteiger partial charge in [0.1, 0.15) is 5.54 Å². The maximum atomic E-state index is 13.1. The Hall–Kier alpha value is -0.910. The molecular weight excluding hydrogens is 378 g/mol. The highest BCUT2D eigenvalue weighted by molar-refractivity contribution is 5.80. The van der Waals surface area contributed by atoms with Crippen LogP contribution in [0.15, 0.2) is 12.2 Å². The van der Waals surface area contributed by atoms with Crippen LogP contribution in [0.5, 0.6) is 0 Å². The largest absolute Gasteiger partial charge is 0.480 e. The normalized spacial score (nSPS) is 41.7. The third-order valence-electron chi connectivity index (χ3n) is 9.05. The van der Waals surface area contributed by atoms with E-state index in [4.69, 9.17) is 0 Å². The summed E-state index contributed by atoms with van der Waals surface area (Å²) in [4.78, 5) is 15.6. The lowest BCUT2D eigenvalue weighted by molar-refractivity contribution is -0.179. The number of aliphatic hydroxyl groups is 2. The quantitative estimate of drug-likeness (QED) is 0.389. The molecule has 5 heteroatoms. The maximum Gasteiger partial charge on any atom is 0.324 e. The average molecular weight is 420 g/mol. The molecule has 0 spiro atoms. The van der Waals surface area contributed by atoms with Crippen LogP contribution >= 0.6 is 0 Å². The van der Waals surface area contributed by atoms with Crippen LogP contribution in [0.1, 0.15) is 84.0 Å². The molecule has 2 aliphatic heterocycles. The van der Waals surface area contributed by atoms with E-state index in [9.17, 15) is 20.1 Å². The van der Waals surface area contributed by atoms with E-state index in [1.165, 1.54) is 19.3 Å². The highest BCUT2D eigenvalue weighted by Crippen LogP contribution is 2.59. The molecule has 30 heavy (non-hydrogen) atoms. The minimum absolute atomic E-state index is 0.00524. The van der Waals surface area contributed by atoms with Gasteiger partial charge in [-0.1, -0.05) is 51.2 Å². The van der Waals surface area contributed by atoms with E-state index >= 15 is 0 Å². The fourth-order valence-electron chi connectivity index (χ4n) is 7.63. The van der Waals surface area contributed by atoms with Gasteiger partial charge < -0.3 is 15.3 Å². The van der Waals surface area contributed by atoms with Crippen LogP contribution in [-0.4, -0.2) is 56.5 Å². The molecule has 3 unspecified atom stereocenters. The summed E-state index contributed by atoms with van der Waals surface area (Å²) in [6.45, 7) is 2.22. The van der Waals surface area contributed by atoms with E-state index < -0.39 is 17.6 Å². The van der Waals surface area contributed by atoms with Crippen LogP contribution in [0, 0.1) is 23.7 Å². The second-order valence-electron chi connectivity index (χ2n) is 10.4. The van der Waals surface area contributed by atoms with Crippen LogP contribution in [0.3, 0.4) is 0 Å². The Bertz CT molecular complexity index is 633. The summed E-state index contributed by atoms with van der Waals surface area (Å²) >= 11 is 0. The molecule has 0 amide bonds. The molecule has 2 saturated heterocycles. The molecule has 7 atom stereocenters. The highest BCUT2D eigenvalue weighted by Gasteiger charge is 2.66. The number of hydrogen-bond acceptors (Lipinski definition) is 4. The van der Waals surface area contributed by atoms with Gasteiger partial charge in [-0.05, 0) is 62.7 Å². The van der Waals surface area contributed by atoms with Crippen molar-refractivity contribution in [1.82, 2.24) is 4.90 Å². The highest BCUT2D eigenvalue weighted by atomic mass is 16.4. The molecule has 4 rings (SSSR count). The van der Waals surface area contributed by atoms with E-state index in [0.29, 0.717) is 18.4 Å². The van der Waals surface area contributed by atoms with Gasteiger partial charge in [0.05, 0.1) is 12.7 Å². The molecule has 4 fully saturated rings. The third kappa shape index (κ3) is 3.55. The first kappa shape index (κ1) is 22.3. The SMILES string of the molecule is CCCCCCC1CCC2C[C@@H]3[C@@H](C=CCO)[C@H](O)C[C@H]3N2C1(C(=O)O)C1CCC1. The zero-order chi connectivity index (χ0) is 21.3. The first-order chi connectivity index (χ1) is 14.6. The number of rotatable bonds is 9. The fourth-order valence-corrected chi connectivity index (χ4v) is 7.63. The molecule has 3 N–H and O–H groups in total. The minimum atomic E-state index is -0.734. The Morgan fingerprint density at radius 2 is 1.93 bits per heavy atom. The van der Waals surface area contributed by atoms with Crippen molar-refractivity contribution in [3.05, 3.63) is 12.2 Å². The standard InChI is InChI=1S/C25H41NO4/c1-2-3-4-5-8-18-12-13-19-15-21-20(11-7-14-27)23(28)16-22(21)26(19)25(18,24(29)30)17-9-6-10-17/h7,11,17-23,27-28H,2-6,8-10,12-16H2,1H3,(H,29,30)/t18?,19?,20-,21-,22-,23-,25?/m1/s1. The molecule has 0 radical (unpaired) electrons. The molecule has 5 nitrogen and oxygen atoms in total. The van der Waals surface area contributed by atoms with Crippen molar-refractivity contribution in [2.75, 3.05) is 6.61 Å². The van der Waals surface area contributed by atoms with Gasteiger partial charge in [-0.2, -0.15) is 0 Å². The third-order valence-corrected chi connectivity index (χ3v) is 9.05. The van der Waals surface area contributed by atoms with Gasteiger partial charge in [-0.3, -0.25) is 9.69 Å². The summed E-state index contributed by atoms with van der Waals surface area (Å²) < 4.78 is 0. The lowest BCUT2D eigenvalue weighted by Crippen LogP contribution is -2.70. The number of carboxylic acid groups (broad SMARTS) is 1. The second-order valence-corrected chi connectivity index (χ2v) is 10.4. The van der Waals surface area contributed by atoms with Crippen LogP contribution in [0.2, 0.25) is 0 Å². The summed E-state index contributed by atoms with van der Waals surface area (Å²) in [6.07, 6.45) is 16.1. The van der Waals surface area contributed by atoms with E-state index in [1.807, 2.05) is 6.08 Å². The van der Waals surface area contributed by atoms with Crippen molar-refractivity contribution in [2.45, 2.75) is 108 Å². The predicted molar refractivity (Wildman–Crippen MR) is 117 cm³/mol. The van der Waals surface area contributed by atoms with Gasteiger partial charge in [0, 0.05) is 18.0 Å².